The average molecular weight is 399 g/mol. The summed E-state index contributed by atoms with van der Waals surface area (Å²) in [4.78, 5) is 15.1. The van der Waals surface area contributed by atoms with Gasteiger partial charge >= 0.3 is 0 Å². The van der Waals surface area contributed by atoms with Crippen LogP contribution in [0.3, 0.4) is 0 Å². The van der Waals surface area contributed by atoms with Gasteiger partial charge in [-0.1, -0.05) is 37.6 Å². The first-order chi connectivity index (χ1) is 13.5. The fourth-order valence-corrected chi connectivity index (χ4v) is 6.14. The van der Waals surface area contributed by atoms with Crippen molar-refractivity contribution in [3.05, 3.63) is 59.7 Å². The molecule has 0 bridgehead atoms. The normalized spacial score (nSPS) is 20.2. The zero-order chi connectivity index (χ0) is 19.7. The molecule has 2 heterocycles. The quantitative estimate of drug-likeness (QED) is 0.786. The molecule has 0 N–H and O–H groups in total. The van der Waals surface area contributed by atoms with E-state index >= 15 is 0 Å². The van der Waals surface area contributed by atoms with Gasteiger partial charge in [0.25, 0.3) is 5.91 Å². The van der Waals surface area contributed by atoms with Gasteiger partial charge in [-0.2, -0.15) is 4.31 Å². The van der Waals surface area contributed by atoms with E-state index in [1.165, 1.54) is 0 Å². The molecule has 5 nitrogen and oxygen atoms in total. The number of carbonyl (C=O) groups excluding carboxylic acids is 1. The lowest BCUT2D eigenvalue weighted by molar-refractivity contribution is 0.0989. The Kier molecular flexibility index (Phi) is 5.25. The van der Waals surface area contributed by atoms with Crippen LogP contribution in [0, 0.1) is 0 Å². The number of hydrogen-bond donors (Lipinski definition) is 0. The van der Waals surface area contributed by atoms with Crippen LogP contribution in [0.5, 0.6) is 0 Å². The van der Waals surface area contributed by atoms with Crippen LogP contribution in [-0.4, -0.2) is 37.8 Å². The maximum Gasteiger partial charge on any atom is 0.258 e. The second kappa shape index (κ2) is 7.68. The minimum atomic E-state index is -3.60. The van der Waals surface area contributed by atoms with Crippen LogP contribution >= 0.6 is 0 Å². The summed E-state index contributed by atoms with van der Waals surface area (Å²) in [5.74, 6) is -0.146. The molecule has 0 aromatic heterocycles. The highest BCUT2D eigenvalue weighted by atomic mass is 32.2. The van der Waals surface area contributed by atoms with Gasteiger partial charge in [0.2, 0.25) is 10.0 Å². The van der Waals surface area contributed by atoms with Crippen LogP contribution in [0.2, 0.25) is 0 Å². The number of fused-ring (bicyclic) bond motifs is 1. The van der Waals surface area contributed by atoms with Crippen molar-refractivity contribution >= 4 is 21.6 Å². The molecule has 1 atom stereocenters. The van der Waals surface area contributed by atoms with Gasteiger partial charge in [0.15, 0.2) is 0 Å². The highest BCUT2D eigenvalue weighted by molar-refractivity contribution is 7.89. The summed E-state index contributed by atoms with van der Waals surface area (Å²) in [7, 11) is -3.60. The van der Waals surface area contributed by atoms with Crippen LogP contribution in [0.25, 0.3) is 0 Å². The maximum absolute atomic E-state index is 13.3. The third-order valence-electron chi connectivity index (χ3n) is 5.86. The van der Waals surface area contributed by atoms with Crippen LogP contribution in [0.15, 0.2) is 53.4 Å². The molecule has 1 saturated heterocycles. The fourth-order valence-electron chi connectivity index (χ4n) is 4.33. The lowest BCUT2D eigenvalue weighted by Gasteiger charge is -2.34. The summed E-state index contributed by atoms with van der Waals surface area (Å²) in [6.45, 7) is 3.21. The van der Waals surface area contributed by atoms with E-state index in [1.807, 2.05) is 31.2 Å². The molecule has 2 aromatic carbocycles. The van der Waals surface area contributed by atoms with Gasteiger partial charge in [-0.05, 0) is 55.5 Å². The van der Waals surface area contributed by atoms with Crippen molar-refractivity contribution in [2.24, 2.45) is 0 Å². The van der Waals surface area contributed by atoms with Gasteiger partial charge in [-0.25, -0.2) is 8.42 Å². The van der Waals surface area contributed by atoms with E-state index in [4.69, 9.17) is 0 Å². The van der Waals surface area contributed by atoms with Crippen LogP contribution in [0.4, 0.5) is 5.69 Å². The average Bonchev–Trinajstić information content (AvgIpc) is 3.17. The molecule has 2 aliphatic heterocycles. The first kappa shape index (κ1) is 19.2. The minimum absolute atomic E-state index is 0.0450. The van der Waals surface area contributed by atoms with E-state index < -0.39 is 10.0 Å². The molecular weight excluding hydrogens is 372 g/mol. The zero-order valence-corrected chi connectivity index (χ0v) is 17.0. The molecule has 0 saturated carbocycles. The summed E-state index contributed by atoms with van der Waals surface area (Å²) in [6.07, 6.45) is 4.49. The summed E-state index contributed by atoms with van der Waals surface area (Å²) in [6, 6.07) is 14.4. The third-order valence-corrected chi connectivity index (χ3v) is 7.81. The summed E-state index contributed by atoms with van der Waals surface area (Å²) in [5, 5.41) is 0. The van der Waals surface area contributed by atoms with Gasteiger partial charge in [-0.3, -0.25) is 4.79 Å². The smallest absolute Gasteiger partial charge is 0.258 e. The van der Waals surface area contributed by atoms with Crippen LogP contribution < -0.4 is 4.90 Å². The van der Waals surface area contributed by atoms with E-state index in [-0.39, 0.29) is 16.8 Å². The van der Waals surface area contributed by atoms with Crippen molar-refractivity contribution in [3.63, 3.8) is 0 Å². The van der Waals surface area contributed by atoms with E-state index in [0.717, 1.165) is 43.4 Å². The van der Waals surface area contributed by atoms with Gasteiger partial charge < -0.3 is 4.90 Å². The standard InChI is InChI=1S/C22H26N2O3S/c1-2-19-10-5-6-14-24(19)28(26,27)20-11-7-9-18(16-20)22(25)23-15-13-17-8-3-4-12-21(17)23/h3-4,7-9,11-12,16,19H,2,5-6,10,13-15H2,1H3. The molecule has 2 aliphatic rings. The Morgan fingerprint density at radius 3 is 2.71 bits per heavy atom. The zero-order valence-electron chi connectivity index (χ0n) is 16.2. The number of nitrogens with zero attached hydrogens (tertiary/aromatic N) is 2. The molecule has 28 heavy (non-hydrogen) atoms. The van der Waals surface area contributed by atoms with Gasteiger partial charge in [-0.15, -0.1) is 0 Å². The Bertz CT molecular complexity index is 987. The molecule has 148 valence electrons. The number of anilines is 1. The highest BCUT2D eigenvalue weighted by Crippen LogP contribution is 2.30. The topological polar surface area (TPSA) is 57.7 Å². The van der Waals surface area contributed by atoms with E-state index in [9.17, 15) is 13.2 Å². The molecule has 4 rings (SSSR count). The van der Waals surface area contributed by atoms with Crippen molar-refractivity contribution in [2.45, 2.75) is 50.0 Å². The Balaban J connectivity index is 1.64. The number of piperidine rings is 1. The lowest BCUT2D eigenvalue weighted by atomic mass is 10.0. The number of sulfonamides is 1. The van der Waals surface area contributed by atoms with Gasteiger partial charge in [0.05, 0.1) is 4.90 Å². The maximum atomic E-state index is 13.3. The number of benzene rings is 2. The Morgan fingerprint density at radius 1 is 1.07 bits per heavy atom. The SMILES string of the molecule is CCC1CCCCN1S(=O)(=O)c1cccc(C(=O)N2CCc3ccccc32)c1. The summed E-state index contributed by atoms with van der Waals surface area (Å²) < 4.78 is 28.1. The number of para-hydroxylation sites is 1. The Morgan fingerprint density at radius 2 is 1.89 bits per heavy atom. The van der Waals surface area contributed by atoms with Gasteiger partial charge in [0.1, 0.15) is 0 Å². The highest BCUT2D eigenvalue weighted by Gasteiger charge is 2.33. The second-order valence-electron chi connectivity index (χ2n) is 7.54. The third kappa shape index (κ3) is 3.35. The van der Waals surface area contributed by atoms with Crippen molar-refractivity contribution in [2.75, 3.05) is 18.0 Å². The molecular formula is C22H26N2O3S. The fraction of sp³-hybridized carbons (Fsp3) is 0.409. The summed E-state index contributed by atoms with van der Waals surface area (Å²) in [5.41, 5.74) is 2.49. The molecule has 6 heteroatoms. The number of carbonyl (C=O) groups is 1. The molecule has 2 aromatic rings. The van der Waals surface area contributed by atoms with Crippen molar-refractivity contribution < 1.29 is 13.2 Å². The number of amides is 1. The first-order valence-electron chi connectivity index (χ1n) is 10.0. The number of rotatable bonds is 4. The largest absolute Gasteiger partial charge is 0.308 e. The Labute approximate surface area is 167 Å². The van der Waals surface area contributed by atoms with Gasteiger partial charge in [0, 0.05) is 30.4 Å². The lowest BCUT2D eigenvalue weighted by Crippen LogP contribution is -2.43. The monoisotopic (exact) mass is 398 g/mol. The predicted octanol–water partition coefficient (Wildman–Crippen LogP) is 3.84. The number of hydrogen-bond acceptors (Lipinski definition) is 3. The summed E-state index contributed by atoms with van der Waals surface area (Å²) >= 11 is 0. The molecule has 1 unspecified atom stereocenters. The molecule has 0 spiro atoms. The van der Waals surface area contributed by atoms with E-state index in [2.05, 4.69) is 0 Å². The molecule has 0 aliphatic carbocycles. The first-order valence-corrected chi connectivity index (χ1v) is 11.5. The molecule has 1 amide bonds. The van der Waals surface area contributed by atoms with Crippen molar-refractivity contribution in [3.8, 4) is 0 Å². The van der Waals surface area contributed by atoms with Crippen LogP contribution in [-0.2, 0) is 16.4 Å². The Hall–Kier alpha value is -2.18. The molecule has 0 radical (unpaired) electrons. The van der Waals surface area contributed by atoms with E-state index in [0.29, 0.717) is 18.7 Å². The van der Waals surface area contributed by atoms with Crippen molar-refractivity contribution in [1.29, 1.82) is 0 Å². The molecule has 1 fully saturated rings. The predicted molar refractivity (Wildman–Crippen MR) is 110 cm³/mol. The van der Waals surface area contributed by atoms with Crippen LogP contribution in [0.1, 0.15) is 48.5 Å². The van der Waals surface area contributed by atoms with E-state index in [1.54, 1.807) is 33.5 Å². The minimum Gasteiger partial charge on any atom is -0.308 e. The second-order valence-corrected chi connectivity index (χ2v) is 9.43. The van der Waals surface area contributed by atoms with Crippen molar-refractivity contribution in [1.82, 2.24) is 4.31 Å².